The second-order valence-electron chi connectivity index (χ2n) is 5.58. The number of nitrogens with one attached hydrogen (secondary N) is 1. The SMILES string of the molecule is C[NH+]1CCCC(=C(c2ccsc2)c2ccsc2)C1.O=C([O-])C(=O)O. The predicted octanol–water partition coefficient (Wildman–Crippen LogP) is 0.741. The van der Waals surface area contributed by atoms with Gasteiger partial charge in [-0.05, 0) is 62.3 Å². The molecule has 2 aromatic rings. The summed E-state index contributed by atoms with van der Waals surface area (Å²) in [5, 5.41) is 25.2. The van der Waals surface area contributed by atoms with Crippen molar-refractivity contribution < 1.29 is 24.7 Å². The predicted molar refractivity (Wildman–Crippen MR) is 93.2 cm³/mol. The Morgan fingerprint density at radius 3 is 2.08 bits per heavy atom. The first-order valence-electron chi connectivity index (χ1n) is 7.51. The molecule has 1 unspecified atom stereocenters. The monoisotopic (exact) mass is 365 g/mol. The molecule has 2 aromatic heterocycles. The van der Waals surface area contributed by atoms with Crippen molar-refractivity contribution in [2.24, 2.45) is 0 Å². The van der Waals surface area contributed by atoms with Gasteiger partial charge in [0, 0.05) is 6.42 Å². The van der Waals surface area contributed by atoms with E-state index in [4.69, 9.17) is 19.8 Å². The molecule has 0 amide bonds. The standard InChI is InChI=1S/C15H17NS2.C2H2O4/c1-16-6-2-3-12(9-16)15(13-4-7-17-10-13)14-5-8-18-11-14;3-1(4)2(5)6/h4-5,7-8,10-11H,2-3,6,9H2,1H3;(H,3,4)(H,5,6). The van der Waals surface area contributed by atoms with Crippen LogP contribution < -0.4 is 10.0 Å². The topological polar surface area (TPSA) is 81.9 Å². The van der Waals surface area contributed by atoms with Gasteiger partial charge in [-0.2, -0.15) is 22.7 Å². The molecule has 0 bridgehead atoms. The largest absolute Gasteiger partial charge is 0.539 e. The van der Waals surface area contributed by atoms with E-state index in [0.29, 0.717) is 0 Å². The van der Waals surface area contributed by atoms with Crippen molar-refractivity contribution in [2.45, 2.75) is 12.8 Å². The van der Waals surface area contributed by atoms with E-state index in [0.717, 1.165) is 0 Å². The van der Waals surface area contributed by atoms with Gasteiger partial charge in [-0.25, -0.2) is 4.79 Å². The molecule has 3 rings (SSSR count). The van der Waals surface area contributed by atoms with Gasteiger partial charge >= 0.3 is 5.97 Å². The molecule has 7 heteroatoms. The summed E-state index contributed by atoms with van der Waals surface area (Å²) in [6, 6.07) is 4.52. The molecule has 3 heterocycles. The fraction of sp³-hybridized carbons (Fsp3) is 0.294. The van der Waals surface area contributed by atoms with Gasteiger partial charge in [-0.1, -0.05) is 0 Å². The Bertz CT molecular complexity index is 657. The van der Waals surface area contributed by atoms with Gasteiger partial charge in [0.05, 0.1) is 20.1 Å². The number of thiophene rings is 2. The number of hydrogen-bond donors (Lipinski definition) is 2. The summed E-state index contributed by atoms with van der Waals surface area (Å²) in [4.78, 5) is 19.7. The smallest absolute Gasteiger partial charge is 0.351 e. The van der Waals surface area contributed by atoms with Crippen molar-refractivity contribution >= 4 is 40.2 Å². The van der Waals surface area contributed by atoms with E-state index in [1.165, 1.54) is 42.6 Å². The molecule has 0 aliphatic carbocycles. The number of aliphatic carboxylic acids is 2. The van der Waals surface area contributed by atoms with Crippen LogP contribution in [0.15, 0.2) is 39.2 Å². The molecular formula is C17H19NO4S2. The summed E-state index contributed by atoms with van der Waals surface area (Å²) in [6.45, 7) is 2.51. The molecule has 0 radical (unpaired) electrons. The van der Waals surface area contributed by atoms with E-state index < -0.39 is 11.9 Å². The lowest BCUT2D eigenvalue weighted by Gasteiger charge is -2.24. The number of hydrogen-bond acceptors (Lipinski definition) is 5. The molecule has 24 heavy (non-hydrogen) atoms. The summed E-state index contributed by atoms with van der Waals surface area (Å²) in [7, 11) is 2.30. The van der Waals surface area contributed by atoms with Gasteiger partial charge in [0.25, 0.3) is 0 Å². The zero-order valence-corrected chi connectivity index (χ0v) is 14.9. The maximum absolute atomic E-state index is 9.04. The Hall–Kier alpha value is -1.96. The lowest BCUT2D eigenvalue weighted by molar-refractivity contribution is -0.878. The Kier molecular flexibility index (Phi) is 6.72. The molecule has 1 aliphatic rings. The van der Waals surface area contributed by atoms with Crippen LogP contribution in [-0.4, -0.2) is 37.2 Å². The Labute approximate surface area is 148 Å². The van der Waals surface area contributed by atoms with Gasteiger partial charge in [-0.15, -0.1) is 0 Å². The fourth-order valence-electron chi connectivity index (χ4n) is 2.75. The summed E-state index contributed by atoms with van der Waals surface area (Å²) in [5.74, 6) is -4.01. The first kappa shape index (κ1) is 18.4. The molecule has 1 fully saturated rings. The number of carboxylic acid groups (broad SMARTS) is 2. The third-order valence-electron chi connectivity index (χ3n) is 3.75. The van der Waals surface area contributed by atoms with Crippen molar-refractivity contribution in [1.29, 1.82) is 0 Å². The van der Waals surface area contributed by atoms with E-state index in [-0.39, 0.29) is 0 Å². The number of likely N-dealkylation sites (N-methyl/N-ethyl adjacent to an activating group) is 1. The molecule has 2 N–H and O–H groups in total. The minimum Gasteiger partial charge on any atom is -0.539 e. The molecule has 0 aromatic carbocycles. The number of likely N-dealkylation sites (tertiary alicyclic amines) is 1. The average molecular weight is 365 g/mol. The van der Waals surface area contributed by atoms with E-state index >= 15 is 0 Å². The Balaban J connectivity index is 0.000000301. The summed E-state index contributed by atoms with van der Waals surface area (Å²) in [5.41, 5.74) is 5.94. The minimum atomic E-state index is -2.07. The Morgan fingerprint density at radius 2 is 1.71 bits per heavy atom. The van der Waals surface area contributed by atoms with E-state index in [9.17, 15) is 0 Å². The molecule has 0 spiro atoms. The van der Waals surface area contributed by atoms with E-state index in [1.807, 2.05) is 0 Å². The fourth-order valence-corrected chi connectivity index (χ4v) is 4.04. The third kappa shape index (κ3) is 5.02. The number of piperidine rings is 1. The van der Waals surface area contributed by atoms with Crippen molar-refractivity contribution in [3.05, 3.63) is 50.4 Å². The number of rotatable bonds is 2. The van der Waals surface area contributed by atoms with Crippen LogP contribution in [0, 0.1) is 0 Å². The molecule has 1 aliphatic heterocycles. The van der Waals surface area contributed by atoms with Crippen molar-refractivity contribution in [3.63, 3.8) is 0 Å². The highest BCUT2D eigenvalue weighted by atomic mass is 32.1. The van der Waals surface area contributed by atoms with Crippen LogP contribution in [0.25, 0.3) is 5.57 Å². The van der Waals surface area contributed by atoms with Crippen molar-refractivity contribution in [3.8, 4) is 0 Å². The van der Waals surface area contributed by atoms with Gasteiger partial charge < -0.3 is 19.9 Å². The van der Waals surface area contributed by atoms with E-state index in [2.05, 4.69) is 40.7 Å². The highest BCUT2D eigenvalue weighted by molar-refractivity contribution is 7.08. The molecule has 1 saturated heterocycles. The maximum Gasteiger partial charge on any atom is 0.351 e. The van der Waals surface area contributed by atoms with Crippen LogP contribution >= 0.6 is 22.7 Å². The van der Waals surface area contributed by atoms with Gasteiger partial charge in [-0.3, -0.25) is 0 Å². The lowest BCUT2D eigenvalue weighted by atomic mass is 9.92. The molecule has 5 nitrogen and oxygen atoms in total. The minimum absolute atomic E-state index is 1.20. The summed E-state index contributed by atoms with van der Waals surface area (Å²) in [6.07, 6.45) is 2.58. The van der Waals surface area contributed by atoms with Crippen LogP contribution in [0.5, 0.6) is 0 Å². The second-order valence-corrected chi connectivity index (χ2v) is 7.14. The molecular weight excluding hydrogens is 346 g/mol. The normalized spacial score (nSPS) is 16.9. The first-order valence-corrected chi connectivity index (χ1v) is 9.40. The summed E-state index contributed by atoms with van der Waals surface area (Å²) >= 11 is 3.58. The van der Waals surface area contributed by atoms with Crippen LogP contribution in [0.1, 0.15) is 24.0 Å². The van der Waals surface area contributed by atoms with Gasteiger partial charge in [0.1, 0.15) is 0 Å². The zero-order valence-electron chi connectivity index (χ0n) is 13.3. The average Bonchev–Trinajstić information content (AvgIpc) is 3.22. The lowest BCUT2D eigenvalue weighted by Crippen LogP contribution is -3.10. The highest BCUT2D eigenvalue weighted by Crippen LogP contribution is 2.31. The van der Waals surface area contributed by atoms with Gasteiger partial charge in [0.15, 0.2) is 5.97 Å². The van der Waals surface area contributed by atoms with Crippen molar-refractivity contribution in [2.75, 3.05) is 20.1 Å². The highest BCUT2D eigenvalue weighted by Gasteiger charge is 2.20. The van der Waals surface area contributed by atoms with Crippen molar-refractivity contribution in [1.82, 2.24) is 0 Å². The third-order valence-corrected chi connectivity index (χ3v) is 5.11. The van der Waals surface area contributed by atoms with Crippen LogP contribution in [0.2, 0.25) is 0 Å². The summed E-state index contributed by atoms with van der Waals surface area (Å²) < 4.78 is 0. The van der Waals surface area contributed by atoms with Gasteiger partial charge in [0.2, 0.25) is 0 Å². The molecule has 128 valence electrons. The zero-order chi connectivity index (χ0) is 17.5. The number of carbonyl (C=O) groups excluding carboxylic acids is 1. The van der Waals surface area contributed by atoms with Crippen LogP contribution in [-0.2, 0) is 9.59 Å². The Morgan fingerprint density at radius 1 is 1.17 bits per heavy atom. The number of quaternary nitrogens is 1. The quantitative estimate of drug-likeness (QED) is 0.769. The van der Waals surface area contributed by atoms with Crippen LogP contribution in [0.4, 0.5) is 0 Å². The molecule has 0 saturated carbocycles. The maximum atomic E-state index is 9.04. The molecule has 1 atom stereocenters. The first-order chi connectivity index (χ1) is 11.5. The van der Waals surface area contributed by atoms with E-state index in [1.54, 1.807) is 33.1 Å². The number of carboxylic acids is 2. The number of carbonyl (C=O) groups is 2. The second kappa shape index (κ2) is 8.77. The van der Waals surface area contributed by atoms with Crippen LogP contribution in [0.3, 0.4) is 0 Å².